The van der Waals surface area contributed by atoms with Crippen LogP contribution in [-0.4, -0.2) is 18.8 Å². The molecule has 0 aromatic heterocycles. The molecule has 2 aromatic rings. The van der Waals surface area contributed by atoms with Gasteiger partial charge in [0, 0.05) is 12.4 Å². The van der Waals surface area contributed by atoms with Gasteiger partial charge in [0.2, 0.25) is 0 Å². The fourth-order valence-corrected chi connectivity index (χ4v) is 4.22. The lowest BCUT2D eigenvalue weighted by Crippen LogP contribution is -2.16. The monoisotopic (exact) mass is 288 g/mol. The smallest absolute Gasteiger partial charge is 0.155 e. The highest BCUT2D eigenvalue weighted by atomic mass is 32.2. The summed E-state index contributed by atoms with van der Waals surface area (Å²) in [7, 11) is 1.69. The minimum absolute atomic E-state index is 0.126. The molecule has 0 spiro atoms. The van der Waals surface area contributed by atoms with Crippen LogP contribution in [-0.2, 0) is 9.47 Å². The Morgan fingerprint density at radius 2 is 1.90 bits per heavy atom. The second kappa shape index (κ2) is 6.17. The number of thioether (sulfide) groups is 1. The average molecular weight is 288 g/mol. The lowest BCUT2D eigenvalue weighted by atomic mass is 10.00. The summed E-state index contributed by atoms with van der Waals surface area (Å²) < 4.78 is 11.1. The third-order valence-electron chi connectivity index (χ3n) is 3.83. The zero-order valence-electron chi connectivity index (χ0n) is 11.9. The van der Waals surface area contributed by atoms with Gasteiger partial charge in [-0.25, -0.2) is 0 Å². The number of methoxy groups -OCH3 is 1. The van der Waals surface area contributed by atoms with Crippen molar-refractivity contribution in [2.24, 2.45) is 0 Å². The molecule has 2 aromatic carbocycles. The molecule has 0 radical (unpaired) electrons. The summed E-state index contributed by atoms with van der Waals surface area (Å²) in [6.07, 6.45) is 2.13. The van der Waals surface area contributed by atoms with Gasteiger partial charge in [-0.15, -0.1) is 11.8 Å². The van der Waals surface area contributed by atoms with Crippen LogP contribution in [0.2, 0.25) is 0 Å². The highest BCUT2D eigenvalue weighted by molar-refractivity contribution is 8.00. The van der Waals surface area contributed by atoms with Crippen LogP contribution < -0.4 is 0 Å². The van der Waals surface area contributed by atoms with Gasteiger partial charge in [-0.2, -0.15) is 0 Å². The maximum absolute atomic E-state index is 5.86. The third kappa shape index (κ3) is 2.85. The lowest BCUT2D eigenvalue weighted by Gasteiger charge is -2.17. The molecule has 3 heteroatoms. The third-order valence-corrected chi connectivity index (χ3v) is 5.29. The number of ether oxygens (including phenoxy) is 2. The highest BCUT2D eigenvalue weighted by Crippen LogP contribution is 2.47. The van der Waals surface area contributed by atoms with E-state index in [2.05, 4.69) is 42.5 Å². The molecule has 3 unspecified atom stereocenters. The molecule has 0 aliphatic carbocycles. The predicted molar refractivity (Wildman–Crippen MR) is 84.9 cm³/mol. The highest BCUT2D eigenvalue weighted by Gasteiger charge is 2.29. The minimum Gasteiger partial charge on any atom is -0.356 e. The first kappa shape index (κ1) is 13.9. The molecule has 0 saturated carbocycles. The molecule has 0 N–H and O–H groups in total. The van der Waals surface area contributed by atoms with E-state index < -0.39 is 0 Å². The van der Waals surface area contributed by atoms with Gasteiger partial charge in [-0.1, -0.05) is 42.5 Å². The molecule has 0 amide bonds. The van der Waals surface area contributed by atoms with Crippen molar-refractivity contribution in [1.82, 2.24) is 0 Å². The van der Waals surface area contributed by atoms with Gasteiger partial charge in [-0.3, -0.25) is 0 Å². The van der Waals surface area contributed by atoms with Crippen molar-refractivity contribution in [2.75, 3.05) is 7.11 Å². The standard InChI is InChI=1S/C17H20O2S/c1-12(18-2)19-17-11-10-16(20-17)15-9-5-7-13-6-3-4-8-14(13)15/h3-9,12,16-17H,10-11H2,1-2H3. The van der Waals surface area contributed by atoms with E-state index in [0.29, 0.717) is 5.25 Å². The zero-order chi connectivity index (χ0) is 13.9. The van der Waals surface area contributed by atoms with E-state index >= 15 is 0 Å². The molecule has 1 saturated heterocycles. The van der Waals surface area contributed by atoms with Crippen molar-refractivity contribution < 1.29 is 9.47 Å². The molecule has 2 nitrogen and oxygen atoms in total. The number of hydrogen-bond donors (Lipinski definition) is 0. The van der Waals surface area contributed by atoms with Gasteiger partial charge < -0.3 is 9.47 Å². The molecule has 1 aliphatic heterocycles. The van der Waals surface area contributed by atoms with E-state index in [0.717, 1.165) is 6.42 Å². The number of rotatable bonds is 4. The summed E-state index contributed by atoms with van der Waals surface area (Å²) >= 11 is 1.92. The van der Waals surface area contributed by atoms with Crippen molar-refractivity contribution in [2.45, 2.75) is 36.7 Å². The van der Waals surface area contributed by atoms with Gasteiger partial charge in [0.1, 0.15) is 5.44 Å². The SMILES string of the molecule is COC(C)OC1CCC(c2cccc3ccccc23)S1. The number of benzene rings is 2. The first-order valence-electron chi connectivity index (χ1n) is 7.09. The Labute approximate surface area is 124 Å². The molecule has 3 atom stereocenters. The molecule has 106 valence electrons. The molecule has 1 fully saturated rings. The molecular weight excluding hydrogens is 268 g/mol. The van der Waals surface area contributed by atoms with Crippen molar-refractivity contribution in [1.29, 1.82) is 0 Å². The van der Waals surface area contributed by atoms with E-state index in [1.165, 1.54) is 22.8 Å². The predicted octanol–water partition coefficient (Wildman–Crippen LogP) is 4.74. The molecule has 3 rings (SSSR count). The van der Waals surface area contributed by atoms with Crippen molar-refractivity contribution >= 4 is 22.5 Å². The first-order valence-corrected chi connectivity index (χ1v) is 8.03. The minimum atomic E-state index is -0.126. The van der Waals surface area contributed by atoms with Crippen molar-refractivity contribution in [3.05, 3.63) is 48.0 Å². The summed E-state index contributed by atoms with van der Waals surface area (Å²) in [6.45, 7) is 1.95. The summed E-state index contributed by atoms with van der Waals surface area (Å²) in [5, 5.41) is 3.21. The van der Waals surface area contributed by atoms with Crippen LogP contribution >= 0.6 is 11.8 Å². The Bertz CT molecular complexity index is 579. The molecule has 20 heavy (non-hydrogen) atoms. The summed E-state index contributed by atoms with van der Waals surface area (Å²) in [5.41, 5.74) is 1.68. The van der Waals surface area contributed by atoms with Crippen molar-refractivity contribution in [3.63, 3.8) is 0 Å². The van der Waals surface area contributed by atoms with Crippen LogP contribution in [0.4, 0.5) is 0 Å². The molecule has 1 aliphatic rings. The second-order valence-corrected chi connectivity index (χ2v) is 6.51. The van der Waals surface area contributed by atoms with Crippen LogP contribution in [0.25, 0.3) is 10.8 Å². The van der Waals surface area contributed by atoms with Gasteiger partial charge in [0.05, 0.1) is 0 Å². The van der Waals surface area contributed by atoms with Crippen LogP contribution in [0.1, 0.15) is 30.6 Å². The number of fused-ring (bicyclic) bond motifs is 1. The Hall–Kier alpha value is -1.03. The Morgan fingerprint density at radius 3 is 2.75 bits per heavy atom. The van der Waals surface area contributed by atoms with Crippen LogP contribution in [0.15, 0.2) is 42.5 Å². The largest absolute Gasteiger partial charge is 0.356 e. The molecular formula is C17H20O2S. The number of hydrogen-bond acceptors (Lipinski definition) is 3. The van der Waals surface area contributed by atoms with Gasteiger partial charge in [-0.05, 0) is 36.1 Å². The fourth-order valence-electron chi connectivity index (χ4n) is 2.74. The quantitative estimate of drug-likeness (QED) is 0.757. The lowest BCUT2D eigenvalue weighted by molar-refractivity contribution is -0.120. The maximum Gasteiger partial charge on any atom is 0.155 e. The Morgan fingerprint density at radius 1 is 1.10 bits per heavy atom. The topological polar surface area (TPSA) is 18.5 Å². The van der Waals surface area contributed by atoms with E-state index in [1.807, 2.05) is 18.7 Å². The van der Waals surface area contributed by atoms with E-state index in [4.69, 9.17) is 9.47 Å². The van der Waals surface area contributed by atoms with E-state index in [-0.39, 0.29) is 11.7 Å². The summed E-state index contributed by atoms with van der Waals surface area (Å²) in [6, 6.07) is 15.2. The summed E-state index contributed by atoms with van der Waals surface area (Å²) in [5.74, 6) is 0. The molecule has 0 bridgehead atoms. The molecule has 1 heterocycles. The van der Waals surface area contributed by atoms with Crippen molar-refractivity contribution in [3.8, 4) is 0 Å². The fraction of sp³-hybridized carbons (Fsp3) is 0.412. The maximum atomic E-state index is 5.86. The first-order chi connectivity index (χ1) is 9.78. The van der Waals surface area contributed by atoms with Crippen LogP contribution in [0.3, 0.4) is 0 Å². The van der Waals surface area contributed by atoms with Gasteiger partial charge in [0.25, 0.3) is 0 Å². The van der Waals surface area contributed by atoms with Gasteiger partial charge >= 0.3 is 0 Å². The Kier molecular flexibility index (Phi) is 4.29. The van der Waals surface area contributed by atoms with E-state index in [1.54, 1.807) is 7.11 Å². The van der Waals surface area contributed by atoms with Gasteiger partial charge in [0.15, 0.2) is 6.29 Å². The Balaban J connectivity index is 1.79. The van der Waals surface area contributed by atoms with E-state index in [9.17, 15) is 0 Å². The second-order valence-electron chi connectivity index (χ2n) is 5.14. The average Bonchev–Trinajstić information content (AvgIpc) is 2.94. The summed E-state index contributed by atoms with van der Waals surface area (Å²) in [4.78, 5) is 0. The normalized spacial score (nSPS) is 24.1. The van der Waals surface area contributed by atoms with Crippen LogP contribution in [0, 0.1) is 0 Å². The van der Waals surface area contributed by atoms with Crippen LogP contribution in [0.5, 0.6) is 0 Å². The zero-order valence-corrected chi connectivity index (χ0v) is 12.7.